The van der Waals surface area contributed by atoms with Gasteiger partial charge in [-0.25, -0.2) is 0 Å². The molecule has 5 rings (SSSR count). The highest BCUT2D eigenvalue weighted by molar-refractivity contribution is 5.34. The lowest BCUT2D eigenvalue weighted by atomic mass is 9.78. The quantitative estimate of drug-likeness (QED) is 0.249. The summed E-state index contributed by atoms with van der Waals surface area (Å²) < 4.78 is 0. The van der Waals surface area contributed by atoms with Crippen molar-refractivity contribution in [3.63, 3.8) is 0 Å². The third-order valence-corrected chi connectivity index (χ3v) is 7.06. The zero-order chi connectivity index (χ0) is 25.1. The normalized spacial score (nSPS) is 15.4. The van der Waals surface area contributed by atoms with Gasteiger partial charge in [-0.1, -0.05) is 84.9 Å². The van der Waals surface area contributed by atoms with E-state index < -0.39 is 0 Å². The van der Waals surface area contributed by atoms with Crippen LogP contribution >= 0.6 is 0 Å². The SMILES string of the molecule is C1=CN/C(=C/CC(CC(CC(c2ccccc2)c2ccccc2)c2ccccn2)c2ccccn2)C=C1. The van der Waals surface area contributed by atoms with Crippen LogP contribution in [0.25, 0.3) is 0 Å². The lowest BCUT2D eigenvalue weighted by Crippen LogP contribution is -2.14. The molecule has 0 fully saturated rings. The lowest BCUT2D eigenvalue weighted by Gasteiger charge is -2.27. The van der Waals surface area contributed by atoms with Crippen LogP contribution in [-0.2, 0) is 0 Å². The highest BCUT2D eigenvalue weighted by atomic mass is 14.8. The third kappa shape index (κ3) is 6.71. The molecular weight excluding hydrogens is 450 g/mol. The summed E-state index contributed by atoms with van der Waals surface area (Å²) in [5, 5.41) is 3.35. The Labute approximate surface area is 220 Å². The van der Waals surface area contributed by atoms with E-state index in [0.717, 1.165) is 36.3 Å². The number of nitrogens with zero attached hydrogens (tertiary/aromatic N) is 2. The molecule has 0 amide bonds. The maximum atomic E-state index is 4.85. The van der Waals surface area contributed by atoms with E-state index in [-0.39, 0.29) is 17.8 Å². The van der Waals surface area contributed by atoms with Crippen LogP contribution in [0.15, 0.2) is 146 Å². The Kier molecular flexibility index (Phi) is 8.35. The molecule has 2 atom stereocenters. The van der Waals surface area contributed by atoms with Crippen molar-refractivity contribution in [2.75, 3.05) is 0 Å². The van der Waals surface area contributed by atoms with Crippen molar-refractivity contribution in [3.8, 4) is 0 Å². The Morgan fingerprint density at radius 2 is 1.22 bits per heavy atom. The molecule has 3 nitrogen and oxygen atoms in total. The lowest BCUT2D eigenvalue weighted by molar-refractivity contribution is 0.471. The van der Waals surface area contributed by atoms with Crippen molar-refractivity contribution in [1.29, 1.82) is 0 Å². The van der Waals surface area contributed by atoms with E-state index in [2.05, 4.69) is 108 Å². The van der Waals surface area contributed by atoms with Crippen molar-refractivity contribution in [2.24, 2.45) is 0 Å². The van der Waals surface area contributed by atoms with Crippen molar-refractivity contribution in [1.82, 2.24) is 15.3 Å². The van der Waals surface area contributed by atoms with Gasteiger partial charge >= 0.3 is 0 Å². The van der Waals surface area contributed by atoms with Gasteiger partial charge in [0.25, 0.3) is 0 Å². The summed E-state index contributed by atoms with van der Waals surface area (Å²) in [6.45, 7) is 0. The molecule has 2 aromatic heterocycles. The van der Waals surface area contributed by atoms with Crippen LogP contribution in [0.5, 0.6) is 0 Å². The van der Waals surface area contributed by atoms with Crippen LogP contribution in [0.3, 0.4) is 0 Å². The van der Waals surface area contributed by atoms with Crippen LogP contribution < -0.4 is 5.32 Å². The molecule has 1 aliphatic heterocycles. The summed E-state index contributed by atoms with van der Waals surface area (Å²) in [7, 11) is 0. The Bertz CT molecular complexity index is 1270. The highest BCUT2D eigenvalue weighted by Crippen LogP contribution is 2.40. The molecule has 0 bridgehead atoms. The van der Waals surface area contributed by atoms with Gasteiger partial charge in [0.15, 0.2) is 0 Å². The molecule has 4 aromatic rings. The molecule has 3 heteroatoms. The van der Waals surface area contributed by atoms with Crippen molar-refractivity contribution >= 4 is 0 Å². The minimum Gasteiger partial charge on any atom is -0.362 e. The minimum atomic E-state index is 0.270. The molecule has 37 heavy (non-hydrogen) atoms. The number of rotatable bonds is 10. The summed E-state index contributed by atoms with van der Waals surface area (Å²) in [4.78, 5) is 9.63. The summed E-state index contributed by atoms with van der Waals surface area (Å²) in [6, 6.07) is 34.3. The molecule has 2 unspecified atom stereocenters. The van der Waals surface area contributed by atoms with Gasteiger partial charge in [0.1, 0.15) is 0 Å². The smallest absolute Gasteiger partial charge is 0.0437 e. The fraction of sp³-hybridized carbons (Fsp3) is 0.176. The molecular formula is C34H33N3. The average Bonchev–Trinajstić information content (AvgIpc) is 2.99. The van der Waals surface area contributed by atoms with E-state index in [9.17, 15) is 0 Å². The summed E-state index contributed by atoms with van der Waals surface area (Å²) in [6.07, 6.45) is 17.1. The molecule has 3 heterocycles. The average molecular weight is 484 g/mol. The Morgan fingerprint density at radius 3 is 1.76 bits per heavy atom. The van der Waals surface area contributed by atoms with Crippen LogP contribution in [0.2, 0.25) is 0 Å². The van der Waals surface area contributed by atoms with E-state index in [1.807, 2.05) is 36.8 Å². The number of benzene rings is 2. The highest BCUT2D eigenvalue weighted by Gasteiger charge is 2.26. The fourth-order valence-electron chi connectivity index (χ4n) is 5.18. The second-order valence-corrected chi connectivity index (χ2v) is 9.51. The zero-order valence-electron chi connectivity index (χ0n) is 21.0. The summed E-state index contributed by atoms with van der Waals surface area (Å²) >= 11 is 0. The maximum Gasteiger partial charge on any atom is 0.0437 e. The minimum absolute atomic E-state index is 0.270. The van der Waals surface area contributed by atoms with Gasteiger partial charge in [0.2, 0.25) is 0 Å². The number of allylic oxidation sites excluding steroid dienone is 4. The molecule has 1 N–H and O–H groups in total. The van der Waals surface area contributed by atoms with Gasteiger partial charge in [-0.3, -0.25) is 9.97 Å². The number of hydrogen-bond acceptors (Lipinski definition) is 3. The fourth-order valence-corrected chi connectivity index (χ4v) is 5.18. The largest absolute Gasteiger partial charge is 0.362 e. The van der Waals surface area contributed by atoms with Crippen LogP contribution in [0.4, 0.5) is 0 Å². The van der Waals surface area contributed by atoms with E-state index in [0.29, 0.717) is 0 Å². The maximum absolute atomic E-state index is 4.85. The van der Waals surface area contributed by atoms with E-state index in [1.54, 1.807) is 0 Å². The number of dihydropyridines is 1. The van der Waals surface area contributed by atoms with Gasteiger partial charge in [-0.15, -0.1) is 0 Å². The number of pyridine rings is 2. The van der Waals surface area contributed by atoms with Gasteiger partial charge in [0, 0.05) is 53.4 Å². The first kappa shape index (κ1) is 24.5. The van der Waals surface area contributed by atoms with Crippen LogP contribution in [-0.4, -0.2) is 9.97 Å². The molecule has 2 aromatic carbocycles. The predicted molar refractivity (Wildman–Crippen MR) is 152 cm³/mol. The molecule has 1 aliphatic rings. The van der Waals surface area contributed by atoms with Crippen LogP contribution in [0, 0.1) is 0 Å². The second kappa shape index (κ2) is 12.6. The summed E-state index contributed by atoms with van der Waals surface area (Å²) in [5.74, 6) is 0.825. The second-order valence-electron chi connectivity index (χ2n) is 9.51. The van der Waals surface area contributed by atoms with Gasteiger partial charge in [-0.05, 0) is 66.8 Å². The van der Waals surface area contributed by atoms with E-state index in [4.69, 9.17) is 9.97 Å². The molecule has 0 spiro atoms. The molecule has 0 radical (unpaired) electrons. The molecule has 0 saturated carbocycles. The molecule has 184 valence electrons. The standard InChI is InChI=1S/C34H33N3/c1-3-13-27(14-4-1)32(28-15-5-2-6-16-28)26-30(34-19-9-12-24-37-34)25-29(33-18-8-11-23-36-33)20-21-31-17-7-10-22-35-31/h1-19,21-24,29-30,32,35H,20,25-26H2/b31-21+. The Hall–Kier alpha value is -4.24. The van der Waals surface area contributed by atoms with Gasteiger partial charge < -0.3 is 5.32 Å². The Balaban J connectivity index is 1.49. The molecule has 0 aliphatic carbocycles. The van der Waals surface area contributed by atoms with E-state index >= 15 is 0 Å². The number of aromatic nitrogens is 2. The number of hydrogen-bond donors (Lipinski definition) is 1. The van der Waals surface area contributed by atoms with Crippen LogP contribution in [0.1, 0.15) is 59.5 Å². The Morgan fingerprint density at radius 1 is 0.622 bits per heavy atom. The van der Waals surface area contributed by atoms with Gasteiger partial charge in [-0.2, -0.15) is 0 Å². The first-order chi connectivity index (χ1) is 18.4. The van der Waals surface area contributed by atoms with Crippen molar-refractivity contribution in [2.45, 2.75) is 37.0 Å². The third-order valence-electron chi connectivity index (χ3n) is 7.06. The van der Waals surface area contributed by atoms with Crippen molar-refractivity contribution < 1.29 is 0 Å². The summed E-state index contributed by atoms with van der Waals surface area (Å²) in [5.41, 5.74) is 6.09. The van der Waals surface area contributed by atoms with Crippen molar-refractivity contribution in [3.05, 3.63) is 168 Å². The zero-order valence-corrected chi connectivity index (χ0v) is 21.0. The monoisotopic (exact) mass is 483 g/mol. The first-order valence-electron chi connectivity index (χ1n) is 13.1. The number of nitrogens with one attached hydrogen (secondary N) is 1. The predicted octanol–water partition coefficient (Wildman–Crippen LogP) is 7.90. The topological polar surface area (TPSA) is 37.8 Å². The van der Waals surface area contributed by atoms with E-state index in [1.165, 1.54) is 11.1 Å². The molecule has 0 saturated heterocycles. The van der Waals surface area contributed by atoms with Gasteiger partial charge in [0.05, 0.1) is 0 Å². The first-order valence-corrected chi connectivity index (χ1v) is 13.1.